The zero-order chi connectivity index (χ0) is 12.3. The fourth-order valence-corrected chi connectivity index (χ4v) is 2.17. The molecule has 2 aromatic rings. The first kappa shape index (κ1) is 12.4. The summed E-state index contributed by atoms with van der Waals surface area (Å²) in [5, 5.41) is 4.60. The molecule has 2 rings (SSSR count). The van der Waals surface area contributed by atoms with Crippen molar-refractivity contribution in [1.29, 1.82) is 0 Å². The van der Waals surface area contributed by atoms with Crippen LogP contribution in [-0.4, -0.2) is 7.05 Å². The highest BCUT2D eigenvalue weighted by molar-refractivity contribution is 6.33. The van der Waals surface area contributed by atoms with Gasteiger partial charge < -0.3 is 5.32 Å². The molecule has 0 aliphatic rings. The lowest BCUT2D eigenvalue weighted by Gasteiger charge is -2.07. The van der Waals surface area contributed by atoms with E-state index in [0.717, 1.165) is 27.7 Å². The number of halogens is 2. The first-order valence-corrected chi connectivity index (χ1v) is 6.15. The fourth-order valence-electron chi connectivity index (χ4n) is 1.74. The standard InChI is InChI=1S/C14H13Cl2N/c1-17-9-10-2-7-13(14(16)8-10)11-3-5-12(15)6-4-11/h2-8,17H,9H2,1H3. The van der Waals surface area contributed by atoms with Crippen molar-refractivity contribution < 1.29 is 0 Å². The molecule has 88 valence electrons. The molecule has 0 spiro atoms. The van der Waals surface area contributed by atoms with E-state index in [0.29, 0.717) is 0 Å². The van der Waals surface area contributed by atoms with Gasteiger partial charge in [0.1, 0.15) is 0 Å². The predicted octanol–water partition coefficient (Wildman–Crippen LogP) is 4.38. The van der Waals surface area contributed by atoms with Crippen LogP contribution in [0, 0.1) is 0 Å². The van der Waals surface area contributed by atoms with E-state index in [1.807, 2.05) is 43.4 Å². The summed E-state index contributed by atoms with van der Waals surface area (Å²) >= 11 is 12.1. The number of hydrogen-bond acceptors (Lipinski definition) is 1. The van der Waals surface area contributed by atoms with Gasteiger partial charge in [0, 0.05) is 22.2 Å². The Morgan fingerprint density at radius 1 is 1.00 bits per heavy atom. The van der Waals surface area contributed by atoms with Crippen LogP contribution >= 0.6 is 23.2 Å². The second-order valence-electron chi connectivity index (χ2n) is 3.85. The zero-order valence-corrected chi connectivity index (χ0v) is 11.0. The molecule has 1 nitrogen and oxygen atoms in total. The van der Waals surface area contributed by atoms with Crippen LogP contribution in [0.3, 0.4) is 0 Å². The van der Waals surface area contributed by atoms with Crippen LogP contribution in [0.1, 0.15) is 5.56 Å². The molecule has 0 atom stereocenters. The highest BCUT2D eigenvalue weighted by atomic mass is 35.5. The largest absolute Gasteiger partial charge is 0.316 e. The van der Waals surface area contributed by atoms with E-state index < -0.39 is 0 Å². The van der Waals surface area contributed by atoms with Gasteiger partial charge in [-0.2, -0.15) is 0 Å². The van der Waals surface area contributed by atoms with Crippen molar-refractivity contribution in [1.82, 2.24) is 5.32 Å². The third kappa shape index (κ3) is 3.01. The average Bonchev–Trinajstić information content (AvgIpc) is 2.31. The molecule has 1 N–H and O–H groups in total. The normalized spacial score (nSPS) is 10.5. The van der Waals surface area contributed by atoms with Gasteiger partial charge in [0.05, 0.1) is 0 Å². The van der Waals surface area contributed by atoms with Crippen molar-refractivity contribution in [3.8, 4) is 11.1 Å². The van der Waals surface area contributed by atoms with Crippen LogP contribution in [0.4, 0.5) is 0 Å². The van der Waals surface area contributed by atoms with Gasteiger partial charge in [0.15, 0.2) is 0 Å². The van der Waals surface area contributed by atoms with Gasteiger partial charge >= 0.3 is 0 Å². The molecular formula is C14H13Cl2N. The molecule has 0 heterocycles. The van der Waals surface area contributed by atoms with Crippen LogP contribution in [0.25, 0.3) is 11.1 Å². The minimum atomic E-state index is 0.733. The van der Waals surface area contributed by atoms with E-state index in [1.54, 1.807) is 0 Å². The minimum absolute atomic E-state index is 0.733. The lowest BCUT2D eigenvalue weighted by atomic mass is 10.0. The van der Waals surface area contributed by atoms with Crippen LogP contribution < -0.4 is 5.32 Å². The van der Waals surface area contributed by atoms with Crippen molar-refractivity contribution in [2.24, 2.45) is 0 Å². The van der Waals surface area contributed by atoms with Gasteiger partial charge in [0.2, 0.25) is 0 Å². The minimum Gasteiger partial charge on any atom is -0.316 e. The van der Waals surface area contributed by atoms with Gasteiger partial charge in [-0.25, -0.2) is 0 Å². The lowest BCUT2D eigenvalue weighted by molar-refractivity contribution is 0.818. The maximum atomic E-state index is 6.28. The van der Waals surface area contributed by atoms with E-state index in [1.165, 1.54) is 5.56 Å². The summed E-state index contributed by atoms with van der Waals surface area (Å²) in [6.07, 6.45) is 0. The Morgan fingerprint density at radius 2 is 1.71 bits per heavy atom. The Hall–Kier alpha value is -1.02. The van der Waals surface area contributed by atoms with Crippen LogP contribution in [0.5, 0.6) is 0 Å². The average molecular weight is 266 g/mol. The Kier molecular flexibility index (Phi) is 4.06. The molecule has 0 fully saturated rings. The summed E-state index contributed by atoms with van der Waals surface area (Å²) in [7, 11) is 1.92. The lowest BCUT2D eigenvalue weighted by Crippen LogP contribution is -2.04. The topological polar surface area (TPSA) is 12.0 Å². The summed E-state index contributed by atoms with van der Waals surface area (Å²) in [5.74, 6) is 0. The number of benzene rings is 2. The Balaban J connectivity index is 2.36. The van der Waals surface area contributed by atoms with E-state index in [4.69, 9.17) is 23.2 Å². The van der Waals surface area contributed by atoms with Gasteiger partial charge in [-0.3, -0.25) is 0 Å². The second kappa shape index (κ2) is 5.54. The van der Waals surface area contributed by atoms with E-state index in [2.05, 4.69) is 11.4 Å². The third-order valence-electron chi connectivity index (χ3n) is 2.57. The van der Waals surface area contributed by atoms with Crippen molar-refractivity contribution in [3.63, 3.8) is 0 Å². The molecule has 0 aliphatic carbocycles. The van der Waals surface area contributed by atoms with Crippen molar-refractivity contribution in [3.05, 3.63) is 58.1 Å². The molecule has 0 saturated heterocycles. The molecule has 17 heavy (non-hydrogen) atoms. The number of hydrogen-bond donors (Lipinski definition) is 1. The quantitative estimate of drug-likeness (QED) is 0.869. The summed E-state index contributed by atoms with van der Waals surface area (Å²) in [6.45, 7) is 0.820. The van der Waals surface area contributed by atoms with Crippen molar-refractivity contribution in [2.75, 3.05) is 7.05 Å². The van der Waals surface area contributed by atoms with Gasteiger partial charge in [-0.15, -0.1) is 0 Å². The third-order valence-corrected chi connectivity index (χ3v) is 3.13. The molecule has 0 saturated carbocycles. The van der Waals surface area contributed by atoms with Gasteiger partial charge in [-0.05, 0) is 36.4 Å². The summed E-state index contributed by atoms with van der Waals surface area (Å²) < 4.78 is 0. The van der Waals surface area contributed by atoms with Crippen molar-refractivity contribution in [2.45, 2.75) is 6.54 Å². The smallest absolute Gasteiger partial charge is 0.0487 e. The summed E-state index contributed by atoms with van der Waals surface area (Å²) in [4.78, 5) is 0. The highest BCUT2D eigenvalue weighted by Crippen LogP contribution is 2.29. The SMILES string of the molecule is CNCc1ccc(-c2ccc(Cl)cc2)c(Cl)c1. The van der Waals surface area contributed by atoms with Gasteiger partial charge in [0.25, 0.3) is 0 Å². The number of nitrogens with one attached hydrogen (secondary N) is 1. The predicted molar refractivity (Wildman–Crippen MR) is 74.7 cm³/mol. The van der Waals surface area contributed by atoms with Crippen LogP contribution in [0.2, 0.25) is 10.0 Å². The first-order valence-electron chi connectivity index (χ1n) is 5.39. The molecule has 0 amide bonds. The molecule has 0 aliphatic heterocycles. The monoisotopic (exact) mass is 265 g/mol. The van der Waals surface area contributed by atoms with E-state index >= 15 is 0 Å². The fraction of sp³-hybridized carbons (Fsp3) is 0.143. The summed E-state index contributed by atoms with van der Waals surface area (Å²) in [6, 6.07) is 13.8. The maximum Gasteiger partial charge on any atom is 0.0487 e. The maximum absolute atomic E-state index is 6.28. The molecular weight excluding hydrogens is 253 g/mol. The Morgan fingerprint density at radius 3 is 2.29 bits per heavy atom. The van der Waals surface area contributed by atoms with Crippen LogP contribution in [0.15, 0.2) is 42.5 Å². The number of rotatable bonds is 3. The Labute approximate surface area is 111 Å². The van der Waals surface area contributed by atoms with E-state index in [9.17, 15) is 0 Å². The van der Waals surface area contributed by atoms with Gasteiger partial charge in [-0.1, -0.05) is 47.5 Å². The molecule has 0 bridgehead atoms. The highest BCUT2D eigenvalue weighted by Gasteiger charge is 2.04. The molecule has 0 unspecified atom stereocenters. The Bertz CT molecular complexity index is 506. The van der Waals surface area contributed by atoms with Crippen LogP contribution in [-0.2, 0) is 6.54 Å². The second-order valence-corrected chi connectivity index (χ2v) is 4.70. The zero-order valence-electron chi connectivity index (χ0n) is 9.50. The molecule has 0 aromatic heterocycles. The summed E-state index contributed by atoms with van der Waals surface area (Å²) in [5.41, 5.74) is 3.29. The van der Waals surface area contributed by atoms with E-state index in [-0.39, 0.29) is 0 Å². The van der Waals surface area contributed by atoms with Crippen molar-refractivity contribution >= 4 is 23.2 Å². The first-order chi connectivity index (χ1) is 8.20. The molecule has 2 aromatic carbocycles. The molecule has 3 heteroatoms. The molecule has 0 radical (unpaired) electrons.